The maximum atomic E-state index is 11.0. The Morgan fingerprint density at radius 1 is 1.56 bits per heavy atom. The van der Waals surface area contributed by atoms with E-state index in [4.69, 9.17) is 22.7 Å². The molecule has 18 heavy (non-hydrogen) atoms. The third-order valence-electron chi connectivity index (χ3n) is 2.17. The first-order valence-electron chi connectivity index (χ1n) is 5.58. The maximum absolute atomic E-state index is 11.0. The van der Waals surface area contributed by atoms with Crippen LogP contribution in [-0.4, -0.2) is 16.5 Å². The van der Waals surface area contributed by atoms with Crippen molar-refractivity contribution in [1.82, 2.24) is 0 Å². The highest BCUT2D eigenvalue weighted by atomic mass is 32.1. The van der Waals surface area contributed by atoms with Gasteiger partial charge in [0, 0.05) is 12.5 Å². The highest BCUT2D eigenvalue weighted by Gasteiger charge is 2.16. The first-order chi connectivity index (χ1) is 8.40. The number of rotatable bonds is 6. The molecule has 0 saturated carbocycles. The van der Waals surface area contributed by atoms with Crippen LogP contribution in [0.5, 0.6) is 5.75 Å². The van der Waals surface area contributed by atoms with Crippen molar-refractivity contribution in [3.63, 3.8) is 0 Å². The van der Waals surface area contributed by atoms with Gasteiger partial charge in [0.05, 0.1) is 16.5 Å². The molecular formula is C12H16N2O3S. The lowest BCUT2D eigenvalue weighted by atomic mass is 10.1. The van der Waals surface area contributed by atoms with E-state index in [1.54, 1.807) is 12.1 Å². The van der Waals surface area contributed by atoms with Crippen molar-refractivity contribution in [2.75, 3.05) is 6.61 Å². The van der Waals surface area contributed by atoms with Crippen molar-refractivity contribution in [2.45, 2.75) is 20.3 Å². The number of nitro groups is 1. The van der Waals surface area contributed by atoms with E-state index < -0.39 is 4.92 Å². The molecule has 0 aliphatic heterocycles. The van der Waals surface area contributed by atoms with Crippen LogP contribution in [-0.2, 0) is 6.42 Å². The van der Waals surface area contributed by atoms with Crippen LogP contribution in [0, 0.1) is 16.0 Å². The molecule has 0 aliphatic carbocycles. The zero-order valence-corrected chi connectivity index (χ0v) is 11.2. The molecule has 0 fully saturated rings. The number of nitrogens with zero attached hydrogens (tertiary/aromatic N) is 1. The van der Waals surface area contributed by atoms with Crippen molar-refractivity contribution >= 4 is 22.9 Å². The van der Waals surface area contributed by atoms with Gasteiger partial charge in [-0.25, -0.2) is 0 Å². The molecule has 0 saturated heterocycles. The number of nitro benzene ring substituents is 1. The van der Waals surface area contributed by atoms with Gasteiger partial charge >= 0.3 is 5.69 Å². The van der Waals surface area contributed by atoms with E-state index in [-0.39, 0.29) is 11.4 Å². The summed E-state index contributed by atoms with van der Waals surface area (Å²) < 4.78 is 5.41. The average Bonchev–Trinajstić information content (AvgIpc) is 2.26. The summed E-state index contributed by atoms with van der Waals surface area (Å²) in [7, 11) is 0. The molecule has 0 aliphatic rings. The van der Waals surface area contributed by atoms with E-state index in [0.717, 1.165) is 0 Å². The number of benzene rings is 1. The van der Waals surface area contributed by atoms with Gasteiger partial charge in [0.15, 0.2) is 5.75 Å². The molecule has 1 aromatic carbocycles. The van der Waals surface area contributed by atoms with Crippen LogP contribution in [0.4, 0.5) is 5.69 Å². The summed E-state index contributed by atoms with van der Waals surface area (Å²) in [6.45, 7) is 4.40. The number of ether oxygens (including phenoxy) is 1. The summed E-state index contributed by atoms with van der Waals surface area (Å²) in [5.74, 6) is 0.585. The number of thiocarbonyl (C=S) groups is 1. The predicted molar refractivity (Wildman–Crippen MR) is 73.9 cm³/mol. The first kappa shape index (κ1) is 14.4. The molecule has 5 nitrogen and oxygen atoms in total. The highest BCUT2D eigenvalue weighted by molar-refractivity contribution is 7.80. The lowest BCUT2D eigenvalue weighted by Gasteiger charge is -2.09. The molecule has 1 rings (SSSR count). The Hall–Kier alpha value is -1.69. The smallest absolute Gasteiger partial charge is 0.311 e. The summed E-state index contributed by atoms with van der Waals surface area (Å²) in [6.07, 6.45) is 0.348. The summed E-state index contributed by atoms with van der Waals surface area (Å²) in [5, 5.41) is 11.0. The Kier molecular flexibility index (Phi) is 5.03. The minimum atomic E-state index is -0.460. The van der Waals surface area contributed by atoms with Gasteiger partial charge in [0.2, 0.25) is 0 Å². The third-order valence-corrected chi connectivity index (χ3v) is 2.31. The molecule has 0 aromatic heterocycles. The van der Waals surface area contributed by atoms with Gasteiger partial charge in [-0.3, -0.25) is 10.1 Å². The van der Waals surface area contributed by atoms with Gasteiger partial charge in [0.25, 0.3) is 0 Å². The molecule has 0 radical (unpaired) electrons. The van der Waals surface area contributed by atoms with Gasteiger partial charge < -0.3 is 10.5 Å². The van der Waals surface area contributed by atoms with Crippen LogP contribution in [0.2, 0.25) is 0 Å². The van der Waals surface area contributed by atoms with Crippen molar-refractivity contribution in [3.8, 4) is 5.75 Å². The monoisotopic (exact) mass is 268 g/mol. The molecule has 0 atom stereocenters. The Balaban J connectivity index is 2.97. The van der Waals surface area contributed by atoms with Crippen molar-refractivity contribution in [2.24, 2.45) is 11.7 Å². The molecule has 98 valence electrons. The van der Waals surface area contributed by atoms with Gasteiger partial charge in [-0.05, 0) is 17.5 Å². The summed E-state index contributed by atoms with van der Waals surface area (Å²) in [4.78, 5) is 10.8. The average molecular weight is 268 g/mol. The fraction of sp³-hybridized carbons (Fsp3) is 0.417. The van der Waals surface area contributed by atoms with Crippen LogP contribution in [0.1, 0.15) is 19.4 Å². The van der Waals surface area contributed by atoms with E-state index in [2.05, 4.69) is 0 Å². The van der Waals surface area contributed by atoms with Crippen LogP contribution in [0.3, 0.4) is 0 Å². The fourth-order valence-electron chi connectivity index (χ4n) is 1.40. The van der Waals surface area contributed by atoms with Crippen molar-refractivity contribution in [3.05, 3.63) is 33.9 Å². The second-order valence-electron chi connectivity index (χ2n) is 4.41. The van der Waals surface area contributed by atoms with Crippen LogP contribution in [0.25, 0.3) is 0 Å². The molecule has 1 aromatic rings. The lowest BCUT2D eigenvalue weighted by Crippen LogP contribution is -2.11. The summed E-state index contributed by atoms with van der Waals surface area (Å²) in [6, 6.07) is 4.78. The normalized spacial score (nSPS) is 10.4. The highest BCUT2D eigenvalue weighted by Crippen LogP contribution is 2.28. The molecular weight excluding hydrogens is 252 g/mol. The van der Waals surface area contributed by atoms with Crippen LogP contribution < -0.4 is 10.5 Å². The molecule has 6 heteroatoms. The molecule has 0 amide bonds. The second kappa shape index (κ2) is 6.30. The van der Waals surface area contributed by atoms with E-state index in [1.165, 1.54) is 6.07 Å². The topological polar surface area (TPSA) is 78.4 Å². The summed E-state index contributed by atoms with van der Waals surface area (Å²) in [5.41, 5.74) is 6.08. The standard InChI is InChI=1S/C12H16N2O3S/c1-8(2)7-17-11-4-3-9(6-12(13)18)5-10(11)14(15)16/h3-5,8H,6-7H2,1-2H3,(H2,13,18). The third kappa shape index (κ3) is 4.29. The molecule has 0 spiro atoms. The quantitative estimate of drug-likeness (QED) is 0.487. The minimum absolute atomic E-state index is 0.0515. The van der Waals surface area contributed by atoms with E-state index >= 15 is 0 Å². The Bertz CT molecular complexity index is 461. The molecule has 2 N–H and O–H groups in total. The van der Waals surface area contributed by atoms with Crippen LogP contribution in [0.15, 0.2) is 18.2 Å². The molecule has 0 unspecified atom stereocenters. The van der Waals surface area contributed by atoms with E-state index in [9.17, 15) is 10.1 Å². The predicted octanol–water partition coefficient (Wildman–Crippen LogP) is 2.46. The Morgan fingerprint density at radius 2 is 2.22 bits per heavy atom. The van der Waals surface area contributed by atoms with Gasteiger partial charge in [-0.2, -0.15) is 0 Å². The Morgan fingerprint density at radius 3 is 2.72 bits per heavy atom. The van der Waals surface area contributed by atoms with Gasteiger partial charge in [0.1, 0.15) is 0 Å². The van der Waals surface area contributed by atoms with E-state index in [1.807, 2.05) is 13.8 Å². The number of nitrogens with two attached hydrogens (primary N) is 1. The number of hydrogen-bond acceptors (Lipinski definition) is 4. The SMILES string of the molecule is CC(C)COc1ccc(CC(N)=S)cc1[N+](=O)[O-]. The maximum Gasteiger partial charge on any atom is 0.311 e. The molecule has 0 heterocycles. The minimum Gasteiger partial charge on any atom is -0.487 e. The van der Waals surface area contributed by atoms with Gasteiger partial charge in [-0.1, -0.05) is 32.1 Å². The first-order valence-corrected chi connectivity index (χ1v) is 5.99. The van der Waals surface area contributed by atoms with Crippen LogP contribution >= 0.6 is 12.2 Å². The largest absolute Gasteiger partial charge is 0.487 e. The summed E-state index contributed by atoms with van der Waals surface area (Å²) >= 11 is 4.78. The fourth-order valence-corrected chi connectivity index (χ4v) is 1.56. The lowest BCUT2D eigenvalue weighted by molar-refractivity contribution is -0.386. The zero-order chi connectivity index (χ0) is 13.7. The second-order valence-corrected chi connectivity index (χ2v) is 4.93. The Labute approximate surface area is 111 Å². The van der Waals surface area contributed by atoms with Gasteiger partial charge in [-0.15, -0.1) is 0 Å². The molecule has 0 bridgehead atoms. The van der Waals surface area contributed by atoms with E-state index in [0.29, 0.717) is 29.5 Å². The zero-order valence-electron chi connectivity index (χ0n) is 10.4. The van der Waals surface area contributed by atoms with Crippen molar-refractivity contribution in [1.29, 1.82) is 0 Å². The van der Waals surface area contributed by atoms with Crippen molar-refractivity contribution < 1.29 is 9.66 Å². The number of hydrogen-bond donors (Lipinski definition) is 1.